The molecule has 2 heterocycles. The Hall–Kier alpha value is -2.70. The zero-order valence-corrected chi connectivity index (χ0v) is 18.8. The second-order valence-corrected chi connectivity index (χ2v) is 8.83. The largest absolute Gasteiger partial charge is 0.351 e. The van der Waals surface area contributed by atoms with Crippen LogP contribution in [0.15, 0.2) is 54.6 Å². The van der Waals surface area contributed by atoms with Crippen LogP contribution in [-0.2, 0) is 17.8 Å². The van der Waals surface area contributed by atoms with Crippen LogP contribution in [0.3, 0.4) is 0 Å². The third kappa shape index (κ3) is 6.40. The van der Waals surface area contributed by atoms with Crippen LogP contribution < -0.4 is 5.32 Å². The number of rotatable bonds is 8. The lowest BCUT2D eigenvalue weighted by Gasteiger charge is -2.34. The smallest absolute Gasteiger partial charge is 0.253 e. The van der Waals surface area contributed by atoms with Crippen LogP contribution in [-0.4, -0.2) is 78.9 Å². The molecule has 32 heavy (non-hydrogen) atoms. The van der Waals surface area contributed by atoms with Crippen molar-refractivity contribution in [2.24, 2.45) is 0 Å². The molecular formula is C26H34N4O2. The molecule has 0 atom stereocenters. The number of piperazine rings is 1. The first-order valence-corrected chi connectivity index (χ1v) is 11.8. The van der Waals surface area contributed by atoms with E-state index in [2.05, 4.69) is 45.4 Å². The molecular weight excluding hydrogens is 400 g/mol. The van der Waals surface area contributed by atoms with Crippen molar-refractivity contribution in [1.29, 1.82) is 0 Å². The van der Waals surface area contributed by atoms with Crippen LogP contribution in [0.5, 0.6) is 0 Å². The molecule has 2 aromatic rings. The Balaban J connectivity index is 1.14. The van der Waals surface area contributed by atoms with Crippen molar-refractivity contribution >= 4 is 11.8 Å². The number of carbonyl (C=O) groups is 2. The number of hydrogen-bond acceptors (Lipinski definition) is 4. The Morgan fingerprint density at radius 3 is 2.09 bits per heavy atom. The summed E-state index contributed by atoms with van der Waals surface area (Å²) in [6, 6.07) is 18.2. The third-order valence-corrected chi connectivity index (χ3v) is 6.48. The van der Waals surface area contributed by atoms with E-state index in [-0.39, 0.29) is 11.8 Å². The molecule has 0 bridgehead atoms. The van der Waals surface area contributed by atoms with Crippen molar-refractivity contribution < 1.29 is 9.59 Å². The van der Waals surface area contributed by atoms with Crippen molar-refractivity contribution in [3.05, 3.63) is 71.3 Å². The zero-order valence-electron chi connectivity index (χ0n) is 18.8. The molecule has 0 aromatic heterocycles. The molecule has 0 unspecified atom stereocenters. The molecule has 1 N–H and O–H groups in total. The lowest BCUT2D eigenvalue weighted by molar-refractivity contribution is -0.122. The van der Waals surface area contributed by atoms with Gasteiger partial charge < -0.3 is 15.1 Å². The molecule has 2 fully saturated rings. The molecule has 2 aliphatic rings. The van der Waals surface area contributed by atoms with Crippen molar-refractivity contribution in [1.82, 2.24) is 20.0 Å². The molecule has 2 aromatic carbocycles. The molecule has 6 nitrogen and oxygen atoms in total. The Bertz CT molecular complexity index is 870. The lowest BCUT2D eigenvalue weighted by atomic mass is 10.1. The highest BCUT2D eigenvalue weighted by atomic mass is 16.2. The normalized spacial score (nSPS) is 17.4. The fourth-order valence-electron chi connectivity index (χ4n) is 4.43. The number of benzene rings is 2. The third-order valence-electron chi connectivity index (χ3n) is 6.48. The molecule has 6 heteroatoms. The van der Waals surface area contributed by atoms with Gasteiger partial charge in [-0.3, -0.25) is 14.5 Å². The topological polar surface area (TPSA) is 55.9 Å². The van der Waals surface area contributed by atoms with Crippen LogP contribution in [0, 0.1) is 0 Å². The second-order valence-electron chi connectivity index (χ2n) is 8.83. The molecule has 2 saturated heterocycles. The Morgan fingerprint density at radius 1 is 0.750 bits per heavy atom. The van der Waals surface area contributed by atoms with Crippen LogP contribution in [0.25, 0.3) is 0 Å². The average Bonchev–Trinajstić information content (AvgIpc) is 3.38. The first kappa shape index (κ1) is 22.5. The summed E-state index contributed by atoms with van der Waals surface area (Å²) in [6.45, 7) is 7.59. The van der Waals surface area contributed by atoms with Crippen LogP contribution in [0.2, 0.25) is 0 Å². The Kier molecular flexibility index (Phi) is 7.91. The van der Waals surface area contributed by atoms with Crippen LogP contribution in [0.1, 0.15) is 34.3 Å². The zero-order chi connectivity index (χ0) is 22.2. The first-order chi connectivity index (χ1) is 15.7. The van der Waals surface area contributed by atoms with E-state index >= 15 is 0 Å². The maximum atomic E-state index is 12.4. The summed E-state index contributed by atoms with van der Waals surface area (Å²) in [4.78, 5) is 31.4. The van der Waals surface area contributed by atoms with Gasteiger partial charge in [0, 0.05) is 57.9 Å². The summed E-state index contributed by atoms with van der Waals surface area (Å²) in [5, 5.41) is 3.02. The standard InChI is InChI=1S/C26H34N4O2/c31-25(21-29-18-16-28(17-19-29)15-12-22-6-2-1-3-7-22)27-20-23-8-10-24(11-9-23)26(32)30-13-4-5-14-30/h1-3,6-11H,4-5,12-21H2,(H,27,31). The van der Waals surface area contributed by atoms with E-state index in [0.717, 1.165) is 76.2 Å². The van der Waals surface area contributed by atoms with Gasteiger partial charge in [0.05, 0.1) is 6.54 Å². The minimum Gasteiger partial charge on any atom is -0.351 e. The van der Waals surface area contributed by atoms with Gasteiger partial charge in [0.1, 0.15) is 0 Å². The summed E-state index contributed by atoms with van der Waals surface area (Å²) >= 11 is 0. The van der Waals surface area contributed by atoms with Crippen molar-refractivity contribution in [3.8, 4) is 0 Å². The minimum atomic E-state index is 0.0555. The summed E-state index contributed by atoms with van der Waals surface area (Å²) in [6.07, 6.45) is 3.26. The number of amides is 2. The van der Waals surface area contributed by atoms with E-state index in [4.69, 9.17) is 0 Å². The number of hydrogen-bond donors (Lipinski definition) is 1. The number of carbonyl (C=O) groups excluding carboxylic acids is 2. The molecule has 2 aliphatic heterocycles. The summed E-state index contributed by atoms with van der Waals surface area (Å²) < 4.78 is 0. The van der Waals surface area contributed by atoms with Crippen molar-refractivity contribution in [2.75, 3.05) is 52.4 Å². The Labute approximate surface area is 191 Å². The SMILES string of the molecule is O=C(CN1CCN(CCc2ccccc2)CC1)NCc1ccc(C(=O)N2CCCC2)cc1. The van der Waals surface area contributed by atoms with E-state index in [0.29, 0.717) is 13.1 Å². The van der Waals surface area contributed by atoms with Gasteiger partial charge in [-0.15, -0.1) is 0 Å². The van der Waals surface area contributed by atoms with Crippen molar-refractivity contribution in [2.45, 2.75) is 25.8 Å². The van der Waals surface area contributed by atoms with Gasteiger partial charge in [-0.25, -0.2) is 0 Å². The molecule has 0 aliphatic carbocycles. The number of likely N-dealkylation sites (tertiary alicyclic amines) is 1. The predicted molar refractivity (Wildman–Crippen MR) is 126 cm³/mol. The number of nitrogens with zero attached hydrogens (tertiary/aromatic N) is 3. The van der Waals surface area contributed by atoms with E-state index < -0.39 is 0 Å². The molecule has 4 rings (SSSR count). The summed E-state index contributed by atoms with van der Waals surface area (Å²) in [7, 11) is 0. The molecule has 2 amide bonds. The minimum absolute atomic E-state index is 0.0555. The van der Waals surface area contributed by atoms with E-state index in [1.54, 1.807) is 0 Å². The Morgan fingerprint density at radius 2 is 1.41 bits per heavy atom. The van der Waals surface area contributed by atoms with Crippen LogP contribution >= 0.6 is 0 Å². The van der Waals surface area contributed by atoms with Gasteiger partial charge >= 0.3 is 0 Å². The maximum Gasteiger partial charge on any atom is 0.253 e. The summed E-state index contributed by atoms with van der Waals surface area (Å²) in [5.41, 5.74) is 3.12. The molecule has 170 valence electrons. The van der Waals surface area contributed by atoms with Crippen molar-refractivity contribution in [3.63, 3.8) is 0 Å². The quantitative estimate of drug-likeness (QED) is 0.693. The number of nitrogens with one attached hydrogen (secondary N) is 1. The highest BCUT2D eigenvalue weighted by Crippen LogP contribution is 2.13. The van der Waals surface area contributed by atoms with E-state index in [9.17, 15) is 9.59 Å². The summed E-state index contributed by atoms with van der Waals surface area (Å²) in [5.74, 6) is 0.168. The van der Waals surface area contributed by atoms with Crippen LogP contribution in [0.4, 0.5) is 0 Å². The maximum absolute atomic E-state index is 12.4. The monoisotopic (exact) mass is 434 g/mol. The predicted octanol–water partition coefficient (Wildman–Crippen LogP) is 2.40. The lowest BCUT2D eigenvalue weighted by Crippen LogP contribution is -2.49. The average molecular weight is 435 g/mol. The molecule has 0 radical (unpaired) electrons. The molecule has 0 spiro atoms. The van der Waals surface area contributed by atoms with Gasteiger partial charge in [-0.1, -0.05) is 42.5 Å². The highest BCUT2D eigenvalue weighted by Gasteiger charge is 2.20. The fraction of sp³-hybridized carbons (Fsp3) is 0.462. The first-order valence-electron chi connectivity index (χ1n) is 11.8. The second kappa shape index (κ2) is 11.2. The van der Waals surface area contributed by atoms with E-state index in [1.165, 1.54) is 5.56 Å². The highest BCUT2D eigenvalue weighted by molar-refractivity contribution is 5.94. The van der Waals surface area contributed by atoms with E-state index in [1.807, 2.05) is 29.2 Å². The molecule has 0 saturated carbocycles. The van der Waals surface area contributed by atoms with Gasteiger partial charge in [-0.05, 0) is 42.5 Å². The van der Waals surface area contributed by atoms with Gasteiger partial charge in [0.15, 0.2) is 0 Å². The van der Waals surface area contributed by atoms with Gasteiger partial charge in [0.25, 0.3) is 5.91 Å². The van der Waals surface area contributed by atoms with Gasteiger partial charge in [-0.2, -0.15) is 0 Å². The fourth-order valence-corrected chi connectivity index (χ4v) is 4.43. The van der Waals surface area contributed by atoms with Gasteiger partial charge in [0.2, 0.25) is 5.91 Å².